The molecule has 22 heavy (non-hydrogen) atoms. The fourth-order valence-corrected chi connectivity index (χ4v) is 6.89. The standard InChI is InChI=1S/C21H37Br/c1-2-3-4-10-20-11-14-21(15-12-20,16-13-20)19-7-5-18(6-8-19)9-17-22/h18-19H,2-17H2,1H3. The molecule has 0 heterocycles. The first-order chi connectivity index (χ1) is 10.7. The Morgan fingerprint density at radius 2 is 1.50 bits per heavy atom. The van der Waals surface area contributed by atoms with Gasteiger partial charge in [-0.25, -0.2) is 0 Å². The van der Waals surface area contributed by atoms with E-state index in [0.29, 0.717) is 0 Å². The molecule has 4 saturated carbocycles. The summed E-state index contributed by atoms with van der Waals surface area (Å²) in [7, 11) is 0. The highest BCUT2D eigenvalue weighted by atomic mass is 79.9. The normalized spacial score (nSPS) is 41.7. The van der Waals surface area contributed by atoms with E-state index in [4.69, 9.17) is 0 Å². The third-order valence-corrected chi connectivity index (χ3v) is 8.46. The average molecular weight is 369 g/mol. The molecule has 0 unspecified atom stereocenters. The van der Waals surface area contributed by atoms with Crippen molar-refractivity contribution in [1.82, 2.24) is 0 Å². The van der Waals surface area contributed by atoms with E-state index in [0.717, 1.165) is 22.7 Å². The van der Waals surface area contributed by atoms with Crippen LogP contribution in [0.4, 0.5) is 0 Å². The number of hydrogen-bond donors (Lipinski definition) is 0. The zero-order valence-corrected chi connectivity index (χ0v) is 16.4. The highest BCUT2D eigenvalue weighted by Gasteiger charge is 2.51. The van der Waals surface area contributed by atoms with Crippen molar-refractivity contribution in [3.63, 3.8) is 0 Å². The van der Waals surface area contributed by atoms with Gasteiger partial charge in [0.25, 0.3) is 0 Å². The largest absolute Gasteiger partial charge is 0.0928 e. The van der Waals surface area contributed by atoms with Crippen molar-refractivity contribution in [2.45, 2.75) is 103 Å². The van der Waals surface area contributed by atoms with Crippen LogP contribution in [0.2, 0.25) is 0 Å². The molecular formula is C21H37Br. The lowest BCUT2D eigenvalue weighted by Crippen LogP contribution is -2.46. The molecule has 0 radical (unpaired) electrons. The summed E-state index contributed by atoms with van der Waals surface area (Å²) < 4.78 is 0. The summed E-state index contributed by atoms with van der Waals surface area (Å²) >= 11 is 3.64. The third-order valence-electron chi connectivity index (χ3n) is 8.00. The van der Waals surface area contributed by atoms with Gasteiger partial charge in [-0.2, -0.15) is 0 Å². The maximum absolute atomic E-state index is 3.64. The molecule has 0 nitrogen and oxygen atoms in total. The van der Waals surface area contributed by atoms with E-state index in [2.05, 4.69) is 22.9 Å². The van der Waals surface area contributed by atoms with Crippen LogP contribution in [0.5, 0.6) is 0 Å². The molecule has 0 atom stereocenters. The number of halogens is 1. The van der Waals surface area contributed by atoms with Crippen molar-refractivity contribution in [1.29, 1.82) is 0 Å². The highest BCUT2D eigenvalue weighted by Crippen LogP contribution is 2.63. The van der Waals surface area contributed by atoms with Gasteiger partial charge < -0.3 is 0 Å². The molecule has 0 N–H and O–H groups in total. The fourth-order valence-electron chi connectivity index (χ4n) is 6.25. The maximum Gasteiger partial charge on any atom is 0.00339 e. The first-order valence-electron chi connectivity index (χ1n) is 10.3. The van der Waals surface area contributed by atoms with Crippen molar-refractivity contribution in [3.8, 4) is 0 Å². The van der Waals surface area contributed by atoms with Gasteiger partial charge in [-0.3, -0.25) is 0 Å². The van der Waals surface area contributed by atoms with Crippen molar-refractivity contribution >= 4 is 15.9 Å². The van der Waals surface area contributed by atoms with Gasteiger partial charge in [0.1, 0.15) is 0 Å². The fraction of sp³-hybridized carbons (Fsp3) is 1.00. The van der Waals surface area contributed by atoms with Crippen LogP contribution in [0.25, 0.3) is 0 Å². The Balaban J connectivity index is 1.51. The van der Waals surface area contributed by atoms with Crippen LogP contribution in [0.15, 0.2) is 0 Å². The second-order valence-corrected chi connectivity index (χ2v) is 9.81. The van der Waals surface area contributed by atoms with E-state index >= 15 is 0 Å². The van der Waals surface area contributed by atoms with Gasteiger partial charge in [0, 0.05) is 5.33 Å². The summed E-state index contributed by atoms with van der Waals surface area (Å²) in [5.41, 5.74) is 1.59. The summed E-state index contributed by atoms with van der Waals surface area (Å²) in [4.78, 5) is 0. The molecule has 0 aromatic rings. The van der Waals surface area contributed by atoms with E-state index in [1.165, 1.54) is 43.9 Å². The van der Waals surface area contributed by atoms with Crippen molar-refractivity contribution in [2.24, 2.45) is 22.7 Å². The lowest BCUT2D eigenvalue weighted by molar-refractivity contribution is -0.0652. The van der Waals surface area contributed by atoms with Crippen molar-refractivity contribution in [2.75, 3.05) is 5.33 Å². The van der Waals surface area contributed by atoms with Crippen molar-refractivity contribution < 1.29 is 0 Å². The Hall–Kier alpha value is 0.480. The molecule has 1 heteroatoms. The van der Waals surface area contributed by atoms with E-state index in [1.54, 1.807) is 57.8 Å². The Morgan fingerprint density at radius 3 is 2.05 bits per heavy atom. The minimum Gasteiger partial charge on any atom is -0.0928 e. The number of hydrogen-bond acceptors (Lipinski definition) is 0. The quantitative estimate of drug-likeness (QED) is 0.322. The Bertz CT molecular complexity index is 315. The molecule has 4 aliphatic carbocycles. The van der Waals surface area contributed by atoms with E-state index in [9.17, 15) is 0 Å². The van der Waals surface area contributed by atoms with E-state index < -0.39 is 0 Å². The van der Waals surface area contributed by atoms with E-state index in [1.807, 2.05) is 0 Å². The number of rotatable bonds is 7. The smallest absolute Gasteiger partial charge is 0.00339 e. The molecule has 4 rings (SSSR count). The van der Waals surface area contributed by atoms with Gasteiger partial charge in [-0.15, -0.1) is 0 Å². The second kappa shape index (κ2) is 7.58. The number of fused-ring (bicyclic) bond motifs is 3. The summed E-state index contributed by atoms with van der Waals surface area (Å²) in [5.74, 6) is 2.13. The lowest BCUT2D eigenvalue weighted by Gasteiger charge is -2.58. The lowest BCUT2D eigenvalue weighted by atomic mass is 9.47. The number of alkyl halides is 1. The van der Waals surface area contributed by atoms with Gasteiger partial charge >= 0.3 is 0 Å². The SMILES string of the molecule is CCCCCC12CCC(C3CCC(CCBr)CC3)(CC1)CC2. The van der Waals surface area contributed by atoms with Crippen LogP contribution in [-0.4, -0.2) is 5.33 Å². The minimum absolute atomic E-state index is 0.796. The Labute approximate surface area is 147 Å². The zero-order chi connectivity index (χ0) is 15.5. The first-order valence-corrected chi connectivity index (χ1v) is 11.4. The molecular weight excluding hydrogens is 332 g/mol. The van der Waals surface area contributed by atoms with Crippen LogP contribution in [0.1, 0.15) is 103 Å². The van der Waals surface area contributed by atoms with Crippen LogP contribution in [0, 0.1) is 22.7 Å². The molecule has 0 aliphatic heterocycles. The van der Waals surface area contributed by atoms with Crippen LogP contribution in [0.3, 0.4) is 0 Å². The summed E-state index contributed by atoms with van der Waals surface area (Å²) in [6, 6.07) is 0. The van der Waals surface area contributed by atoms with Gasteiger partial charge in [-0.1, -0.05) is 55.0 Å². The van der Waals surface area contributed by atoms with Crippen molar-refractivity contribution in [3.05, 3.63) is 0 Å². The summed E-state index contributed by atoms with van der Waals surface area (Å²) in [6.45, 7) is 2.34. The van der Waals surface area contributed by atoms with Gasteiger partial charge in [0.15, 0.2) is 0 Å². The zero-order valence-electron chi connectivity index (χ0n) is 14.8. The third kappa shape index (κ3) is 3.60. The molecule has 128 valence electrons. The second-order valence-electron chi connectivity index (χ2n) is 9.01. The molecule has 4 fully saturated rings. The molecule has 0 spiro atoms. The van der Waals surface area contributed by atoms with Gasteiger partial charge in [0.2, 0.25) is 0 Å². The molecule has 0 aromatic heterocycles. The van der Waals surface area contributed by atoms with E-state index in [-0.39, 0.29) is 0 Å². The molecule has 0 amide bonds. The minimum atomic E-state index is 0.796. The molecule has 4 aliphatic rings. The monoisotopic (exact) mass is 368 g/mol. The maximum atomic E-state index is 3.64. The molecule has 0 saturated heterocycles. The highest BCUT2D eigenvalue weighted by molar-refractivity contribution is 9.09. The summed E-state index contributed by atoms with van der Waals surface area (Å²) in [5, 5.41) is 1.22. The molecule has 0 aromatic carbocycles. The Kier molecular flexibility index (Phi) is 5.96. The Morgan fingerprint density at radius 1 is 0.864 bits per heavy atom. The van der Waals surface area contributed by atoms with Crippen LogP contribution in [-0.2, 0) is 0 Å². The van der Waals surface area contributed by atoms with Crippen LogP contribution >= 0.6 is 15.9 Å². The van der Waals surface area contributed by atoms with Gasteiger partial charge in [-0.05, 0) is 86.9 Å². The predicted octanol–water partition coefficient (Wildman–Crippen LogP) is 7.50. The summed E-state index contributed by atoms with van der Waals surface area (Å²) in [6.07, 6.45) is 23.0. The molecule has 2 bridgehead atoms. The van der Waals surface area contributed by atoms with Crippen LogP contribution < -0.4 is 0 Å². The number of unbranched alkanes of at least 4 members (excludes halogenated alkanes) is 2. The topological polar surface area (TPSA) is 0 Å². The average Bonchev–Trinajstić information content (AvgIpc) is 2.58. The van der Waals surface area contributed by atoms with Gasteiger partial charge in [0.05, 0.1) is 0 Å². The first kappa shape index (κ1) is 17.3. The predicted molar refractivity (Wildman–Crippen MR) is 101 cm³/mol.